The molecule has 0 bridgehead atoms. The molecule has 1 aromatic carbocycles. The number of aromatic amines is 1. The summed E-state index contributed by atoms with van der Waals surface area (Å²) in [6, 6.07) is 6.37. The van der Waals surface area contributed by atoms with Crippen LogP contribution in [0, 0.1) is 13.8 Å². The maximum atomic E-state index is 12.3. The summed E-state index contributed by atoms with van der Waals surface area (Å²) in [6.07, 6.45) is 0. The summed E-state index contributed by atoms with van der Waals surface area (Å²) < 4.78 is 5.07. The van der Waals surface area contributed by atoms with Crippen LogP contribution in [0.1, 0.15) is 38.3 Å². The average Bonchev–Trinajstić information content (AvgIpc) is 2.96. The summed E-state index contributed by atoms with van der Waals surface area (Å²) >= 11 is 1.05. The monoisotopic (exact) mass is 399 g/mol. The Kier molecular flexibility index (Phi) is 5.36. The third-order valence-corrected chi connectivity index (χ3v) is 5.18. The Morgan fingerprint density at radius 3 is 2.50 bits per heavy atom. The summed E-state index contributed by atoms with van der Waals surface area (Å²) in [7, 11) is 0. The van der Waals surface area contributed by atoms with Gasteiger partial charge in [-0.1, -0.05) is 0 Å². The Morgan fingerprint density at radius 2 is 1.86 bits per heavy atom. The first-order chi connectivity index (χ1) is 13.3. The molecule has 8 nitrogen and oxygen atoms in total. The molecule has 28 heavy (non-hydrogen) atoms. The van der Waals surface area contributed by atoms with Crippen molar-refractivity contribution in [3.8, 4) is 0 Å². The number of anilines is 1. The summed E-state index contributed by atoms with van der Waals surface area (Å²) in [6.45, 7) is 4.26. The highest BCUT2D eigenvalue weighted by Gasteiger charge is 2.20. The number of nitrogens with one attached hydrogen (secondary N) is 2. The van der Waals surface area contributed by atoms with Crippen LogP contribution >= 0.6 is 11.3 Å². The number of ketones is 1. The Labute approximate surface area is 163 Å². The highest BCUT2D eigenvalue weighted by Crippen LogP contribution is 2.27. The number of rotatable bonds is 5. The van der Waals surface area contributed by atoms with E-state index in [1.165, 1.54) is 6.92 Å². The van der Waals surface area contributed by atoms with Gasteiger partial charge in [0, 0.05) is 11.3 Å². The van der Waals surface area contributed by atoms with Crippen LogP contribution in [0.4, 0.5) is 5.69 Å². The van der Waals surface area contributed by atoms with Gasteiger partial charge in [-0.2, -0.15) is 0 Å². The third kappa shape index (κ3) is 3.99. The molecule has 3 rings (SSSR count). The molecule has 0 atom stereocenters. The van der Waals surface area contributed by atoms with Gasteiger partial charge in [-0.05, 0) is 50.6 Å². The maximum absolute atomic E-state index is 12.3. The minimum atomic E-state index is -0.695. The normalized spacial score (nSPS) is 10.7. The fraction of sp³-hybridized carbons (Fsp3) is 0.211. The lowest BCUT2D eigenvalue weighted by Gasteiger charge is -2.07. The third-order valence-electron chi connectivity index (χ3n) is 4.01. The number of carbonyl (C=O) groups excluding carboxylic acids is 3. The van der Waals surface area contributed by atoms with E-state index in [1.807, 2.05) is 0 Å². The van der Waals surface area contributed by atoms with Crippen molar-refractivity contribution >= 4 is 44.9 Å². The zero-order chi connectivity index (χ0) is 20.4. The van der Waals surface area contributed by atoms with E-state index in [1.54, 1.807) is 38.1 Å². The average molecular weight is 399 g/mol. The molecule has 0 aliphatic carbocycles. The van der Waals surface area contributed by atoms with Gasteiger partial charge >= 0.3 is 5.97 Å². The van der Waals surface area contributed by atoms with Crippen LogP contribution in [0.15, 0.2) is 29.1 Å². The van der Waals surface area contributed by atoms with Gasteiger partial charge in [0.05, 0.1) is 5.39 Å². The van der Waals surface area contributed by atoms with E-state index < -0.39 is 18.5 Å². The molecule has 0 unspecified atom stereocenters. The van der Waals surface area contributed by atoms with Crippen molar-refractivity contribution in [1.82, 2.24) is 9.97 Å². The number of thiophene rings is 1. The van der Waals surface area contributed by atoms with Crippen LogP contribution in [-0.4, -0.2) is 34.2 Å². The fourth-order valence-corrected chi connectivity index (χ4v) is 3.75. The van der Waals surface area contributed by atoms with Crippen molar-refractivity contribution in [1.29, 1.82) is 0 Å². The second kappa shape index (κ2) is 7.73. The quantitative estimate of drug-likeness (QED) is 0.503. The van der Waals surface area contributed by atoms with E-state index in [-0.39, 0.29) is 16.2 Å². The summed E-state index contributed by atoms with van der Waals surface area (Å²) in [5.41, 5.74) is 1.17. The standard InChI is InChI=1S/C19H17N3O5S/c1-9-15-17(25)20-11(3)21-18(15)28-16(9)19(26)27-8-14(24)22-13-6-4-12(5-7-13)10(2)23/h4-7H,8H2,1-3H3,(H,22,24)(H,20,21,25). The van der Waals surface area contributed by atoms with Crippen molar-refractivity contribution in [2.24, 2.45) is 0 Å². The second-order valence-electron chi connectivity index (χ2n) is 6.15. The van der Waals surface area contributed by atoms with Gasteiger partial charge in [0.15, 0.2) is 12.4 Å². The van der Waals surface area contributed by atoms with Crippen molar-refractivity contribution in [3.05, 3.63) is 56.4 Å². The molecule has 0 radical (unpaired) electrons. The zero-order valence-electron chi connectivity index (χ0n) is 15.4. The fourth-order valence-electron chi connectivity index (χ4n) is 2.63. The van der Waals surface area contributed by atoms with E-state index in [0.29, 0.717) is 32.9 Å². The minimum absolute atomic E-state index is 0.0750. The van der Waals surface area contributed by atoms with Gasteiger partial charge in [0.2, 0.25) is 0 Å². The Balaban J connectivity index is 1.67. The molecule has 2 heterocycles. The van der Waals surface area contributed by atoms with Crippen molar-refractivity contribution in [2.45, 2.75) is 20.8 Å². The summed E-state index contributed by atoms with van der Waals surface area (Å²) in [5.74, 6) is -0.836. The molecular formula is C19H17N3O5S. The summed E-state index contributed by atoms with van der Waals surface area (Å²) in [4.78, 5) is 55.2. The second-order valence-corrected chi connectivity index (χ2v) is 7.14. The molecule has 0 saturated heterocycles. The number of esters is 1. The van der Waals surface area contributed by atoms with Gasteiger partial charge in [0.1, 0.15) is 15.5 Å². The first kappa shape index (κ1) is 19.4. The SMILES string of the molecule is CC(=O)c1ccc(NC(=O)COC(=O)c2sc3nc(C)[nH]c(=O)c3c2C)cc1. The lowest BCUT2D eigenvalue weighted by molar-refractivity contribution is -0.119. The number of hydrogen-bond donors (Lipinski definition) is 2. The van der Waals surface area contributed by atoms with Gasteiger partial charge in [-0.15, -0.1) is 11.3 Å². The Hall–Kier alpha value is -3.33. The molecule has 0 aliphatic heterocycles. The Morgan fingerprint density at radius 1 is 1.18 bits per heavy atom. The van der Waals surface area contributed by atoms with Crippen LogP contribution in [0.5, 0.6) is 0 Å². The largest absolute Gasteiger partial charge is 0.451 e. The van der Waals surface area contributed by atoms with Crippen LogP contribution in [0.2, 0.25) is 0 Å². The molecule has 0 spiro atoms. The molecule has 0 saturated carbocycles. The van der Waals surface area contributed by atoms with E-state index >= 15 is 0 Å². The van der Waals surface area contributed by atoms with Crippen LogP contribution < -0.4 is 10.9 Å². The molecule has 3 aromatic rings. The molecule has 2 N–H and O–H groups in total. The molecule has 0 fully saturated rings. The van der Waals surface area contributed by atoms with Crippen LogP contribution in [0.3, 0.4) is 0 Å². The number of hydrogen-bond acceptors (Lipinski definition) is 7. The first-order valence-electron chi connectivity index (χ1n) is 8.34. The minimum Gasteiger partial charge on any atom is -0.451 e. The van der Waals surface area contributed by atoms with Crippen LogP contribution in [0.25, 0.3) is 10.2 Å². The highest BCUT2D eigenvalue weighted by atomic mass is 32.1. The lowest BCUT2D eigenvalue weighted by atomic mass is 10.1. The smallest absolute Gasteiger partial charge is 0.349 e. The number of Topliss-reactive ketones (excluding diaryl/α,β-unsaturated/α-hetero) is 1. The number of benzene rings is 1. The van der Waals surface area contributed by atoms with E-state index in [0.717, 1.165) is 11.3 Å². The topological polar surface area (TPSA) is 118 Å². The van der Waals surface area contributed by atoms with Gasteiger partial charge in [0.25, 0.3) is 11.5 Å². The molecule has 1 amide bonds. The number of amides is 1. The number of aromatic nitrogens is 2. The lowest BCUT2D eigenvalue weighted by Crippen LogP contribution is -2.21. The molecular weight excluding hydrogens is 382 g/mol. The van der Waals surface area contributed by atoms with Gasteiger partial charge in [-0.3, -0.25) is 14.4 Å². The van der Waals surface area contributed by atoms with E-state index in [9.17, 15) is 19.2 Å². The number of carbonyl (C=O) groups is 3. The van der Waals surface area contributed by atoms with Gasteiger partial charge < -0.3 is 15.0 Å². The number of ether oxygens (including phenoxy) is 1. The first-order valence-corrected chi connectivity index (χ1v) is 9.16. The van der Waals surface area contributed by atoms with Gasteiger partial charge in [-0.25, -0.2) is 9.78 Å². The van der Waals surface area contributed by atoms with E-state index in [2.05, 4.69) is 15.3 Å². The van der Waals surface area contributed by atoms with Crippen molar-refractivity contribution in [3.63, 3.8) is 0 Å². The molecule has 9 heteroatoms. The van der Waals surface area contributed by atoms with Crippen molar-refractivity contribution < 1.29 is 19.1 Å². The Bertz CT molecular complexity index is 1140. The number of fused-ring (bicyclic) bond motifs is 1. The van der Waals surface area contributed by atoms with E-state index in [4.69, 9.17) is 4.74 Å². The number of nitrogens with zero attached hydrogens (tertiary/aromatic N) is 1. The molecule has 0 aliphatic rings. The highest BCUT2D eigenvalue weighted by molar-refractivity contribution is 7.20. The molecule has 144 valence electrons. The maximum Gasteiger partial charge on any atom is 0.349 e. The number of aryl methyl sites for hydroxylation is 2. The van der Waals surface area contributed by atoms with Crippen LogP contribution in [-0.2, 0) is 9.53 Å². The predicted octanol–water partition coefficient (Wildman–Crippen LogP) is 2.60. The van der Waals surface area contributed by atoms with Crippen molar-refractivity contribution in [2.75, 3.05) is 11.9 Å². The predicted molar refractivity (Wildman–Crippen MR) is 105 cm³/mol. The summed E-state index contributed by atoms with van der Waals surface area (Å²) in [5, 5.41) is 2.93. The zero-order valence-corrected chi connectivity index (χ0v) is 16.2. The number of H-pyrrole nitrogens is 1. The molecule has 2 aromatic heterocycles.